The van der Waals surface area contributed by atoms with E-state index in [0.29, 0.717) is 0 Å². The Kier molecular flexibility index (Phi) is 4.97. The molecule has 0 heterocycles. The van der Waals surface area contributed by atoms with Crippen LogP contribution < -0.4 is 5.73 Å². The number of nitrogens with two attached hydrogens (primary N) is 1. The molecule has 2 nitrogen and oxygen atoms in total. The Morgan fingerprint density at radius 1 is 1.19 bits per heavy atom. The van der Waals surface area contributed by atoms with Crippen LogP contribution >= 0.6 is 0 Å². The molecule has 0 bridgehead atoms. The van der Waals surface area contributed by atoms with Crippen LogP contribution in [0.5, 0.6) is 0 Å². The Bertz CT molecular complexity index is 285. The Balaban J connectivity index is 2.73. The van der Waals surface area contributed by atoms with E-state index in [2.05, 4.69) is 38.1 Å². The first-order valence-corrected chi connectivity index (χ1v) is 6.03. The van der Waals surface area contributed by atoms with Crippen LogP contribution in [0.4, 0.5) is 0 Å². The lowest BCUT2D eigenvalue weighted by Gasteiger charge is -2.36. The van der Waals surface area contributed by atoms with E-state index in [1.165, 1.54) is 5.56 Å². The van der Waals surface area contributed by atoms with Crippen LogP contribution in [0.25, 0.3) is 0 Å². The maximum atomic E-state index is 6.29. The number of hydrogen-bond acceptors (Lipinski definition) is 2. The van der Waals surface area contributed by atoms with E-state index in [1.54, 1.807) is 7.11 Å². The lowest BCUT2D eigenvalue weighted by Crippen LogP contribution is -2.50. The molecule has 0 amide bonds. The fourth-order valence-electron chi connectivity index (χ4n) is 2.27. The second-order valence-electron chi connectivity index (χ2n) is 4.27. The summed E-state index contributed by atoms with van der Waals surface area (Å²) in [7, 11) is 1.76. The van der Waals surface area contributed by atoms with Crippen molar-refractivity contribution in [3.8, 4) is 0 Å². The molecule has 0 saturated heterocycles. The van der Waals surface area contributed by atoms with Gasteiger partial charge in [0.2, 0.25) is 0 Å². The Labute approximate surface area is 98.8 Å². The van der Waals surface area contributed by atoms with Crippen molar-refractivity contribution < 1.29 is 4.74 Å². The summed E-state index contributed by atoms with van der Waals surface area (Å²) in [4.78, 5) is 0. The molecule has 0 aliphatic rings. The maximum absolute atomic E-state index is 6.29. The third-order valence-electron chi connectivity index (χ3n) is 3.58. The molecule has 0 aliphatic carbocycles. The molecule has 0 aliphatic heterocycles. The van der Waals surface area contributed by atoms with E-state index < -0.39 is 0 Å². The summed E-state index contributed by atoms with van der Waals surface area (Å²) in [6.07, 6.45) is 2.78. The fourth-order valence-corrected chi connectivity index (χ4v) is 2.27. The second kappa shape index (κ2) is 6.02. The molecule has 0 fully saturated rings. The van der Waals surface area contributed by atoms with E-state index in [0.717, 1.165) is 19.3 Å². The molecule has 1 rings (SSSR count). The topological polar surface area (TPSA) is 35.2 Å². The van der Waals surface area contributed by atoms with Gasteiger partial charge in [-0.1, -0.05) is 44.2 Å². The molecule has 1 unspecified atom stereocenters. The summed E-state index contributed by atoms with van der Waals surface area (Å²) >= 11 is 0. The smallest absolute Gasteiger partial charge is 0.0826 e. The van der Waals surface area contributed by atoms with Gasteiger partial charge in [-0.15, -0.1) is 0 Å². The van der Waals surface area contributed by atoms with Gasteiger partial charge in [0.15, 0.2) is 0 Å². The van der Waals surface area contributed by atoms with E-state index in [1.807, 2.05) is 6.07 Å². The minimum absolute atomic E-state index is 0.0508. The molecule has 0 radical (unpaired) electrons. The first-order valence-electron chi connectivity index (χ1n) is 6.03. The van der Waals surface area contributed by atoms with Crippen molar-refractivity contribution in [3.05, 3.63) is 35.9 Å². The highest BCUT2D eigenvalue weighted by atomic mass is 16.5. The number of methoxy groups -OCH3 is 1. The van der Waals surface area contributed by atoms with Crippen molar-refractivity contribution in [1.29, 1.82) is 0 Å². The van der Waals surface area contributed by atoms with Crippen molar-refractivity contribution in [2.75, 3.05) is 7.11 Å². The number of hydrogen-bond donors (Lipinski definition) is 1. The van der Waals surface area contributed by atoms with Gasteiger partial charge in [-0.25, -0.2) is 0 Å². The van der Waals surface area contributed by atoms with Gasteiger partial charge in [0.05, 0.1) is 5.60 Å². The van der Waals surface area contributed by atoms with Gasteiger partial charge in [0.1, 0.15) is 0 Å². The van der Waals surface area contributed by atoms with Gasteiger partial charge in [-0.2, -0.15) is 0 Å². The quantitative estimate of drug-likeness (QED) is 0.801. The summed E-state index contributed by atoms with van der Waals surface area (Å²) in [5.41, 5.74) is 7.38. The molecule has 16 heavy (non-hydrogen) atoms. The first kappa shape index (κ1) is 13.2. The molecule has 0 saturated carbocycles. The van der Waals surface area contributed by atoms with Gasteiger partial charge in [0, 0.05) is 13.2 Å². The standard InChI is InChI=1S/C14H23NO/c1-4-14(5-2,16-3)13(15)11-12-9-7-6-8-10-12/h6-10,13H,4-5,11,15H2,1-3H3. The van der Waals surface area contributed by atoms with Crippen LogP contribution in [0.15, 0.2) is 30.3 Å². The minimum Gasteiger partial charge on any atom is -0.377 e. The van der Waals surface area contributed by atoms with Crippen molar-refractivity contribution in [1.82, 2.24) is 0 Å². The predicted molar refractivity (Wildman–Crippen MR) is 68.4 cm³/mol. The van der Waals surface area contributed by atoms with Crippen LogP contribution in [0, 0.1) is 0 Å². The molecular weight excluding hydrogens is 198 g/mol. The highest BCUT2D eigenvalue weighted by Gasteiger charge is 2.32. The molecule has 1 aromatic carbocycles. The van der Waals surface area contributed by atoms with Gasteiger partial charge in [0.25, 0.3) is 0 Å². The van der Waals surface area contributed by atoms with Crippen LogP contribution in [-0.2, 0) is 11.2 Å². The molecule has 0 aromatic heterocycles. The SMILES string of the molecule is CCC(CC)(OC)C(N)Cc1ccccc1. The average Bonchev–Trinajstić information content (AvgIpc) is 2.33. The number of benzene rings is 1. The summed E-state index contributed by atoms with van der Waals surface area (Å²) in [6.45, 7) is 4.27. The highest BCUT2D eigenvalue weighted by molar-refractivity contribution is 5.17. The van der Waals surface area contributed by atoms with E-state index in [4.69, 9.17) is 10.5 Å². The van der Waals surface area contributed by atoms with Gasteiger partial charge >= 0.3 is 0 Å². The fraction of sp³-hybridized carbons (Fsp3) is 0.571. The zero-order valence-electron chi connectivity index (χ0n) is 10.6. The van der Waals surface area contributed by atoms with Crippen LogP contribution in [-0.4, -0.2) is 18.8 Å². The zero-order valence-corrected chi connectivity index (χ0v) is 10.6. The zero-order chi connectivity index (χ0) is 12.0. The lowest BCUT2D eigenvalue weighted by molar-refractivity contribution is -0.0374. The maximum Gasteiger partial charge on any atom is 0.0826 e. The second-order valence-corrected chi connectivity index (χ2v) is 4.27. The average molecular weight is 221 g/mol. The third-order valence-corrected chi connectivity index (χ3v) is 3.58. The first-order chi connectivity index (χ1) is 7.68. The molecule has 1 aromatic rings. The largest absolute Gasteiger partial charge is 0.377 e. The van der Waals surface area contributed by atoms with E-state index in [9.17, 15) is 0 Å². The predicted octanol–water partition coefficient (Wildman–Crippen LogP) is 2.76. The summed E-state index contributed by atoms with van der Waals surface area (Å²) in [5.74, 6) is 0. The lowest BCUT2D eigenvalue weighted by atomic mass is 9.85. The minimum atomic E-state index is -0.185. The van der Waals surface area contributed by atoms with E-state index >= 15 is 0 Å². The molecule has 2 N–H and O–H groups in total. The third kappa shape index (κ3) is 2.83. The monoisotopic (exact) mass is 221 g/mol. The van der Waals surface area contributed by atoms with Crippen molar-refractivity contribution >= 4 is 0 Å². The van der Waals surface area contributed by atoms with Crippen LogP contribution in [0.1, 0.15) is 32.3 Å². The van der Waals surface area contributed by atoms with Crippen molar-refractivity contribution in [2.24, 2.45) is 5.73 Å². The molecule has 1 atom stereocenters. The van der Waals surface area contributed by atoms with Gasteiger partial charge < -0.3 is 10.5 Å². The molecule has 0 spiro atoms. The van der Waals surface area contributed by atoms with Crippen molar-refractivity contribution in [2.45, 2.75) is 44.8 Å². The van der Waals surface area contributed by atoms with Crippen LogP contribution in [0.2, 0.25) is 0 Å². The summed E-state index contributed by atoms with van der Waals surface area (Å²) in [6, 6.07) is 10.4. The molecule has 2 heteroatoms. The summed E-state index contributed by atoms with van der Waals surface area (Å²) < 4.78 is 5.65. The Morgan fingerprint density at radius 2 is 1.75 bits per heavy atom. The Hall–Kier alpha value is -0.860. The van der Waals surface area contributed by atoms with E-state index in [-0.39, 0.29) is 11.6 Å². The summed E-state index contributed by atoms with van der Waals surface area (Å²) in [5, 5.41) is 0. The van der Waals surface area contributed by atoms with Crippen molar-refractivity contribution in [3.63, 3.8) is 0 Å². The normalized spacial score (nSPS) is 13.8. The molecule has 90 valence electrons. The van der Waals surface area contributed by atoms with Gasteiger partial charge in [-0.05, 0) is 24.8 Å². The van der Waals surface area contributed by atoms with Gasteiger partial charge in [-0.3, -0.25) is 0 Å². The highest BCUT2D eigenvalue weighted by Crippen LogP contribution is 2.25. The molecular formula is C14H23NO. The number of ether oxygens (including phenoxy) is 1. The Morgan fingerprint density at radius 3 is 2.19 bits per heavy atom. The number of rotatable bonds is 6. The van der Waals surface area contributed by atoms with Crippen LogP contribution in [0.3, 0.4) is 0 Å².